The Morgan fingerprint density at radius 1 is 0.794 bits per heavy atom. The molecule has 0 bridgehead atoms. The molecular formula is C24H29N3O7. The van der Waals surface area contributed by atoms with E-state index in [2.05, 4.69) is 0 Å². The van der Waals surface area contributed by atoms with Crippen LogP contribution < -0.4 is 9.64 Å². The molecule has 0 unspecified atom stereocenters. The maximum atomic E-state index is 13.3. The van der Waals surface area contributed by atoms with Gasteiger partial charge in [-0.3, -0.25) is 0 Å². The molecule has 2 atom stereocenters. The van der Waals surface area contributed by atoms with E-state index >= 15 is 0 Å². The summed E-state index contributed by atoms with van der Waals surface area (Å²) >= 11 is 0. The topological polar surface area (TPSA) is 97.9 Å². The quantitative estimate of drug-likeness (QED) is 0.443. The lowest BCUT2D eigenvalue weighted by molar-refractivity contribution is -0.150. The zero-order valence-corrected chi connectivity index (χ0v) is 19.7. The molecule has 0 aromatic heterocycles. The Morgan fingerprint density at radius 2 is 1.41 bits per heavy atom. The van der Waals surface area contributed by atoms with Crippen LogP contribution in [0.3, 0.4) is 0 Å². The molecule has 182 valence electrons. The minimum absolute atomic E-state index is 0.0384. The van der Waals surface area contributed by atoms with E-state index in [0.29, 0.717) is 17.0 Å². The van der Waals surface area contributed by atoms with E-state index in [-0.39, 0.29) is 19.8 Å². The van der Waals surface area contributed by atoms with Crippen molar-refractivity contribution in [1.82, 2.24) is 10.0 Å². The molecule has 0 saturated carbocycles. The van der Waals surface area contributed by atoms with Crippen LogP contribution in [-0.4, -0.2) is 61.3 Å². The fourth-order valence-electron chi connectivity index (χ4n) is 3.78. The van der Waals surface area contributed by atoms with Gasteiger partial charge in [0.15, 0.2) is 6.17 Å². The molecule has 34 heavy (non-hydrogen) atoms. The number of carbonyl (C=O) groups is 3. The Hall–Kier alpha value is -3.95. The van der Waals surface area contributed by atoms with Crippen LogP contribution in [0.2, 0.25) is 0 Å². The van der Waals surface area contributed by atoms with Gasteiger partial charge in [0.25, 0.3) is 0 Å². The van der Waals surface area contributed by atoms with E-state index in [0.717, 1.165) is 10.0 Å². The minimum atomic E-state index is -1.33. The Labute approximate surface area is 198 Å². The smallest absolute Gasteiger partial charge is 0.431 e. The van der Waals surface area contributed by atoms with Gasteiger partial charge in [0, 0.05) is 11.3 Å². The molecule has 10 nitrogen and oxygen atoms in total. The van der Waals surface area contributed by atoms with Crippen molar-refractivity contribution in [2.45, 2.75) is 33.1 Å². The number of para-hydroxylation sites is 1. The van der Waals surface area contributed by atoms with Crippen LogP contribution in [-0.2, 0) is 19.0 Å². The highest BCUT2D eigenvalue weighted by molar-refractivity contribution is 5.88. The lowest BCUT2D eigenvalue weighted by Crippen LogP contribution is -2.53. The van der Waals surface area contributed by atoms with Gasteiger partial charge in [0.2, 0.25) is 6.17 Å². The SMILES string of the molecule is CCOC(=O)[C@@H]1N(c2ccccc2)[C@@H](c2cccc(OC)c2)N(C(=O)OCC)N1C(=O)OCC. The summed E-state index contributed by atoms with van der Waals surface area (Å²) in [7, 11) is 1.53. The fraction of sp³-hybridized carbons (Fsp3) is 0.375. The van der Waals surface area contributed by atoms with Crippen molar-refractivity contribution in [2.75, 3.05) is 31.8 Å². The molecule has 2 amide bonds. The van der Waals surface area contributed by atoms with Crippen molar-refractivity contribution in [3.8, 4) is 5.75 Å². The summed E-state index contributed by atoms with van der Waals surface area (Å²) in [6.45, 7) is 5.13. The van der Waals surface area contributed by atoms with Gasteiger partial charge in [0.1, 0.15) is 5.75 Å². The average molecular weight is 472 g/mol. The largest absolute Gasteiger partial charge is 0.497 e. The number of carbonyl (C=O) groups excluding carboxylic acids is 3. The van der Waals surface area contributed by atoms with Crippen LogP contribution in [0.4, 0.5) is 15.3 Å². The number of esters is 1. The Morgan fingerprint density at radius 3 is 2.00 bits per heavy atom. The van der Waals surface area contributed by atoms with E-state index < -0.39 is 30.5 Å². The van der Waals surface area contributed by atoms with Gasteiger partial charge in [-0.05, 0) is 45.0 Å². The highest BCUT2D eigenvalue weighted by Crippen LogP contribution is 2.42. The number of anilines is 1. The summed E-state index contributed by atoms with van der Waals surface area (Å²) in [6.07, 6.45) is -3.99. The molecule has 10 heteroatoms. The maximum Gasteiger partial charge on any atom is 0.431 e. The van der Waals surface area contributed by atoms with E-state index in [9.17, 15) is 14.4 Å². The van der Waals surface area contributed by atoms with Crippen LogP contribution >= 0.6 is 0 Å². The molecule has 1 aliphatic heterocycles. The van der Waals surface area contributed by atoms with Crippen LogP contribution in [0.5, 0.6) is 5.75 Å². The molecular weight excluding hydrogens is 442 g/mol. The second kappa shape index (κ2) is 11.3. The van der Waals surface area contributed by atoms with Gasteiger partial charge >= 0.3 is 18.2 Å². The Bertz CT molecular complexity index is 1000. The highest BCUT2D eigenvalue weighted by Gasteiger charge is 2.56. The number of amides is 2. The number of nitrogens with zero attached hydrogens (tertiary/aromatic N) is 3. The Kier molecular flexibility index (Phi) is 8.18. The van der Waals surface area contributed by atoms with Crippen molar-refractivity contribution < 1.29 is 33.3 Å². The van der Waals surface area contributed by atoms with E-state index in [1.807, 2.05) is 6.07 Å². The number of benzene rings is 2. The predicted octanol–water partition coefficient (Wildman–Crippen LogP) is 3.94. The molecule has 1 heterocycles. The zero-order valence-electron chi connectivity index (χ0n) is 19.7. The first kappa shape index (κ1) is 24.7. The van der Waals surface area contributed by atoms with Crippen LogP contribution in [0, 0.1) is 0 Å². The third kappa shape index (κ3) is 4.85. The lowest BCUT2D eigenvalue weighted by atomic mass is 10.1. The summed E-state index contributed by atoms with van der Waals surface area (Å²) in [4.78, 5) is 41.3. The van der Waals surface area contributed by atoms with Gasteiger partial charge in [-0.25, -0.2) is 14.4 Å². The molecule has 1 aliphatic rings. The van der Waals surface area contributed by atoms with Crippen molar-refractivity contribution in [1.29, 1.82) is 0 Å². The van der Waals surface area contributed by atoms with E-state index in [1.165, 1.54) is 7.11 Å². The second-order valence-corrected chi connectivity index (χ2v) is 7.11. The summed E-state index contributed by atoms with van der Waals surface area (Å²) in [5.74, 6) is -0.185. The van der Waals surface area contributed by atoms with Gasteiger partial charge < -0.3 is 23.8 Å². The van der Waals surface area contributed by atoms with Crippen molar-refractivity contribution in [3.63, 3.8) is 0 Å². The first-order valence-electron chi connectivity index (χ1n) is 11.0. The van der Waals surface area contributed by atoms with Crippen LogP contribution in [0.15, 0.2) is 54.6 Å². The number of methoxy groups -OCH3 is 1. The summed E-state index contributed by atoms with van der Waals surface area (Å²) < 4.78 is 21.2. The van der Waals surface area contributed by atoms with Gasteiger partial charge in [-0.1, -0.05) is 30.3 Å². The van der Waals surface area contributed by atoms with Gasteiger partial charge in [-0.2, -0.15) is 10.0 Å². The lowest BCUT2D eigenvalue weighted by Gasteiger charge is -2.31. The van der Waals surface area contributed by atoms with Crippen molar-refractivity contribution >= 4 is 23.8 Å². The number of ether oxygens (including phenoxy) is 4. The molecule has 0 spiro atoms. The molecule has 3 rings (SSSR count). The minimum Gasteiger partial charge on any atom is -0.497 e. The highest BCUT2D eigenvalue weighted by atomic mass is 16.6. The molecule has 2 aromatic carbocycles. The number of rotatable bonds is 7. The van der Waals surface area contributed by atoms with Gasteiger partial charge in [-0.15, -0.1) is 0 Å². The molecule has 1 fully saturated rings. The maximum absolute atomic E-state index is 13.3. The monoisotopic (exact) mass is 471 g/mol. The third-order valence-electron chi connectivity index (χ3n) is 5.08. The first-order chi connectivity index (χ1) is 16.5. The van der Waals surface area contributed by atoms with Crippen LogP contribution in [0.25, 0.3) is 0 Å². The second-order valence-electron chi connectivity index (χ2n) is 7.11. The average Bonchev–Trinajstić information content (AvgIpc) is 3.21. The predicted molar refractivity (Wildman–Crippen MR) is 123 cm³/mol. The molecule has 0 N–H and O–H groups in total. The number of hydrazine groups is 1. The number of hydrogen-bond acceptors (Lipinski definition) is 8. The zero-order chi connectivity index (χ0) is 24.7. The van der Waals surface area contributed by atoms with E-state index in [1.54, 1.807) is 74.2 Å². The first-order valence-corrected chi connectivity index (χ1v) is 11.0. The Balaban J connectivity index is 2.29. The van der Waals surface area contributed by atoms with Gasteiger partial charge in [0.05, 0.1) is 26.9 Å². The number of hydrogen-bond donors (Lipinski definition) is 0. The van der Waals surface area contributed by atoms with Crippen molar-refractivity contribution in [2.24, 2.45) is 0 Å². The van der Waals surface area contributed by atoms with Crippen LogP contribution in [0.1, 0.15) is 32.5 Å². The molecule has 1 saturated heterocycles. The standard InChI is InChI=1S/C24H29N3O7/c1-5-32-22(28)21-25(18-13-9-8-10-14-18)20(17-12-11-15-19(16-17)31-4)26(23(29)33-6-2)27(21)24(30)34-7-3/h8-16,20-21H,5-7H2,1-4H3/t20-,21-/m1/s1. The summed E-state index contributed by atoms with van der Waals surface area (Å²) in [5, 5.41) is 2.04. The summed E-state index contributed by atoms with van der Waals surface area (Å²) in [6, 6.07) is 16.0. The molecule has 2 aromatic rings. The summed E-state index contributed by atoms with van der Waals surface area (Å²) in [5.41, 5.74) is 1.16. The molecule has 0 aliphatic carbocycles. The van der Waals surface area contributed by atoms with E-state index in [4.69, 9.17) is 18.9 Å². The molecule has 0 radical (unpaired) electrons. The third-order valence-corrected chi connectivity index (χ3v) is 5.08. The normalized spacial score (nSPS) is 17.4. The fourth-order valence-corrected chi connectivity index (χ4v) is 3.78. The van der Waals surface area contributed by atoms with Crippen molar-refractivity contribution in [3.05, 3.63) is 60.2 Å².